The Bertz CT molecular complexity index is 388. The lowest BCUT2D eigenvalue weighted by Crippen LogP contribution is -2.61. The molecule has 20 heavy (non-hydrogen) atoms. The minimum atomic E-state index is -0.834. The lowest BCUT2D eigenvalue weighted by Gasteiger charge is -2.53. The number of rotatable bonds is 3. The third kappa shape index (κ3) is 2.69. The normalized spacial score (nSPS) is 39.9. The fourth-order valence-corrected chi connectivity index (χ4v) is 3.35. The van der Waals surface area contributed by atoms with E-state index in [0.717, 1.165) is 12.5 Å². The zero-order valence-electron chi connectivity index (χ0n) is 13.1. The molecule has 1 heterocycles. The zero-order chi connectivity index (χ0) is 15.1. The molecule has 1 unspecified atom stereocenters. The van der Waals surface area contributed by atoms with E-state index in [9.17, 15) is 10.2 Å². The van der Waals surface area contributed by atoms with E-state index in [1.807, 2.05) is 33.8 Å². The van der Waals surface area contributed by atoms with Crippen LogP contribution in [0.25, 0.3) is 0 Å². The third-order valence-corrected chi connectivity index (χ3v) is 4.42. The monoisotopic (exact) mass is 283 g/mol. The van der Waals surface area contributed by atoms with Crippen LogP contribution in [0.2, 0.25) is 0 Å². The molecule has 0 radical (unpaired) electrons. The molecule has 4 atom stereocenters. The molecule has 1 aliphatic carbocycles. The highest BCUT2D eigenvalue weighted by molar-refractivity contribution is 5.21. The maximum Gasteiger partial charge on any atom is 0.235 e. The van der Waals surface area contributed by atoms with E-state index in [1.165, 1.54) is 0 Å². The van der Waals surface area contributed by atoms with Crippen molar-refractivity contribution in [2.45, 2.75) is 65.3 Å². The van der Waals surface area contributed by atoms with Crippen molar-refractivity contribution < 1.29 is 19.7 Å². The Morgan fingerprint density at radius 3 is 2.70 bits per heavy atom. The Hall–Kier alpha value is -0.710. The highest BCUT2D eigenvalue weighted by Crippen LogP contribution is 2.50. The van der Waals surface area contributed by atoms with Gasteiger partial charge in [0, 0.05) is 6.42 Å². The van der Waals surface area contributed by atoms with Crippen molar-refractivity contribution >= 4 is 0 Å². The van der Waals surface area contributed by atoms with E-state index >= 15 is 0 Å². The van der Waals surface area contributed by atoms with Crippen LogP contribution in [-0.4, -0.2) is 34.6 Å². The number of hydrogen-bond acceptors (Lipinski definition) is 4. The highest BCUT2D eigenvalue weighted by Gasteiger charge is 2.58. The molecule has 1 saturated heterocycles. The van der Waals surface area contributed by atoms with Gasteiger partial charge in [-0.3, -0.25) is 0 Å². The van der Waals surface area contributed by atoms with Crippen molar-refractivity contribution in [2.24, 2.45) is 11.3 Å². The number of allylic oxidation sites excluding steroid dienone is 1. The summed E-state index contributed by atoms with van der Waals surface area (Å²) in [4.78, 5) is 0. The molecular weight excluding hydrogens is 256 g/mol. The van der Waals surface area contributed by atoms with Gasteiger partial charge in [-0.05, 0) is 32.3 Å². The van der Waals surface area contributed by atoms with Crippen LogP contribution in [0.4, 0.5) is 0 Å². The van der Waals surface area contributed by atoms with E-state index < -0.39 is 11.5 Å². The highest BCUT2D eigenvalue weighted by atomic mass is 16.5. The quantitative estimate of drug-likeness (QED) is 0.782. The van der Waals surface area contributed by atoms with E-state index in [1.54, 1.807) is 0 Å². The average molecular weight is 283 g/mol. The molecule has 0 spiro atoms. The number of aliphatic hydroxyl groups excluding tert-OH is 2. The Kier molecular flexibility index (Phi) is 4.11. The second-order valence-electron chi connectivity index (χ2n) is 7.09. The van der Waals surface area contributed by atoms with Crippen molar-refractivity contribution in [3.63, 3.8) is 0 Å². The molecule has 0 aromatic carbocycles. The summed E-state index contributed by atoms with van der Waals surface area (Å²) >= 11 is 0. The van der Waals surface area contributed by atoms with Crippen molar-refractivity contribution in [2.75, 3.05) is 6.61 Å². The van der Waals surface area contributed by atoms with Crippen LogP contribution in [0.5, 0.6) is 0 Å². The maximum absolute atomic E-state index is 10.7. The molecule has 4 heteroatoms. The molecule has 4 nitrogen and oxygen atoms in total. The third-order valence-electron chi connectivity index (χ3n) is 4.42. The summed E-state index contributed by atoms with van der Waals surface area (Å²) in [6.45, 7) is 10.0. The average Bonchev–Trinajstić information content (AvgIpc) is 2.24. The summed E-state index contributed by atoms with van der Waals surface area (Å²) in [6.07, 6.45) is 3.04. The number of fused-ring (bicyclic) bond motifs is 1. The first kappa shape index (κ1) is 15.7. The van der Waals surface area contributed by atoms with Crippen molar-refractivity contribution in [1.29, 1.82) is 0 Å². The van der Waals surface area contributed by atoms with Gasteiger partial charge in [0.05, 0.1) is 17.8 Å². The standard InChI is InChI=1S/C16H26O4/c1-10(2)19-9-16-12(17)6-11(3)7-14(16)20-15(4,5)8-13(16)18/h6,11,13-14,18H,7-9H2,1-5H3/p+1/t11-,13-,14?,16-/m1/s1. The molecule has 1 fully saturated rings. The topological polar surface area (TPSA) is 58.9 Å². The van der Waals surface area contributed by atoms with Crippen molar-refractivity contribution in [3.8, 4) is 0 Å². The number of ether oxygens (including phenoxy) is 2. The molecule has 0 bridgehead atoms. The molecule has 2 N–H and O–H groups in total. The van der Waals surface area contributed by atoms with E-state index in [-0.39, 0.29) is 30.0 Å². The molecule has 114 valence electrons. The predicted molar refractivity (Wildman–Crippen MR) is 77.0 cm³/mol. The van der Waals surface area contributed by atoms with Crippen LogP contribution in [0, 0.1) is 17.4 Å². The SMILES string of the molecule is C[C+](C)OC[C@]12C(O)=C[C@@H](C)CC1OC(C)(C)C[C@H]2O. The first-order valence-corrected chi connectivity index (χ1v) is 7.37. The first-order valence-electron chi connectivity index (χ1n) is 7.37. The Labute approximate surface area is 121 Å². The van der Waals surface area contributed by atoms with Gasteiger partial charge in [-0.2, -0.15) is 4.74 Å². The van der Waals surface area contributed by atoms with Crippen LogP contribution >= 0.6 is 0 Å². The van der Waals surface area contributed by atoms with Gasteiger partial charge in [0.2, 0.25) is 6.10 Å². The first-order chi connectivity index (χ1) is 9.17. The number of aliphatic hydroxyl groups is 2. The van der Waals surface area contributed by atoms with Gasteiger partial charge in [-0.25, -0.2) is 0 Å². The predicted octanol–water partition coefficient (Wildman–Crippen LogP) is 2.97. The van der Waals surface area contributed by atoms with Gasteiger partial charge >= 0.3 is 0 Å². The van der Waals surface area contributed by atoms with Gasteiger partial charge in [0.15, 0.2) is 0 Å². The maximum atomic E-state index is 10.7. The second-order valence-corrected chi connectivity index (χ2v) is 7.09. The second kappa shape index (κ2) is 5.24. The van der Waals surface area contributed by atoms with E-state index in [0.29, 0.717) is 6.42 Å². The van der Waals surface area contributed by atoms with Gasteiger partial charge in [-0.1, -0.05) is 6.92 Å². The molecule has 2 rings (SSSR count). The molecule has 0 aromatic rings. The van der Waals surface area contributed by atoms with Crippen LogP contribution in [0.15, 0.2) is 11.8 Å². The van der Waals surface area contributed by atoms with Gasteiger partial charge < -0.3 is 14.9 Å². The number of hydrogen-bond donors (Lipinski definition) is 2. The minimum absolute atomic E-state index is 0.213. The molecule has 0 saturated carbocycles. The van der Waals surface area contributed by atoms with Crippen LogP contribution in [0.3, 0.4) is 0 Å². The van der Waals surface area contributed by atoms with Crippen LogP contribution < -0.4 is 0 Å². The fraction of sp³-hybridized carbons (Fsp3) is 0.812. The summed E-state index contributed by atoms with van der Waals surface area (Å²) in [5.41, 5.74) is -1.21. The Balaban J connectivity index is 2.35. The zero-order valence-corrected chi connectivity index (χ0v) is 13.1. The Morgan fingerprint density at radius 2 is 2.10 bits per heavy atom. The summed E-state index contributed by atoms with van der Waals surface area (Å²) < 4.78 is 11.8. The minimum Gasteiger partial charge on any atom is -0.512 e. The molecule has 2 aliphatic rings. The van der Waals surface area contributed by atoms with Crippen molar-refractivity contribution in [1.82, 2.24) is 0 Å². The molecular formula is C16H27O4+. The van der Waals surface area contributed by atoms with Crippen LogP contribution in [0.1, 0.15) is 47.5 Å². The summed E-state index contributed by atoms with van der Waals surface area (Å²) in [7, 11) is 0. The Morgan fingerprint density at radius 1 is 1.45 bits per heavy atom. The van der Waals surface area contributed by atoms with Crippen LogP contribution in [-0.2, 0) is 9.47 Å². The van der Waals surface area contributed by atoms with E-state index in [2.05, 4.69) is 6.92 Å². The smallest absolute Gasteiger partial charge is 0.235 e. The van der Waals surface area contributed by atoms with E-state index in [4.69, 9.17) is 9.47 Å². The molecule has 0 amide bonds. The fourth-order valence-electron chi connectivity index (χ4n) is 3.35. The largest absolute Gasteiger partial charge is 0.512 e. The molecule has 0 aromatic heterocycles. The lowest BCUT2D eigenvalue weighted by molar-refractivity contribution is -0.236. The summed E-state index contributed by atoms with van der Waals surface area (Å²) in [6, 6.07) is 0. The van der Waals surface area contributed by atoms with Gasteiger partial charge in [0.25, 0.3) is 0 Å². The summed E-state index contributed by atoms with van der Waals surface area (Å²) in [5.74, 6) is 0.450. The van der Waals surface area contributed by atoms with Crippen molar-refractivity contribution in [3.05, 3.63) is 17.9 Å². The summed E-state index contributed by atoms with van der Waals surface area (Å²) in [5, 5.41) is 21.2. The molecule has 1 aliphatic heterocycles. The van der Waals surface area contributed by atoms with Gasteiger partial charge in [0.1, 0.15) is 31.6 Å². The lowest BCUT2D eigenvalue weighted by atomic mass is 9.64. The van der Waals surface area contributed by atoms with Gasteiger partial charge in [-0.15, -0.1) is 0 Å².